The van der Waals surface area contributed by atoms with Crippen LogP contribution in [0, 0.1) is 13.8 Å². The molecule has 0 fully saturated rings. The molecule has 0 aliphatic carbocycles. The Morgan fingerprint density at radius 2 is 1.90 bits per heavy atom. The lowest BCUT2D eigenvalue weighted by atomic mass is 10.1. The number of nitrogen functional groups attached to an aromatic ring is 1. The van der Waals surface area contributed by atoms with E-state index in [2.05, 4.69) is 43.6 Å². The summed E-state index contributed by atoms with van der Waals surface area (Å²) in [7, 11) is 0. The number of nitrogens with two attached hydrogens (primary N) is 1. The van der Waals surface area contributed by atoms with Crippen LogP contribution < -0.4 is 5.73 Å². The van der Waals surface area contributed by atoms with Crippen LogP contribution >= 0.6 is 11.3 Å². The SMILES string of the molecule is Cc1nc(CN(Cc2ccccc2N)C(C)C)sc1C. The molecule has 3 nitrogen and oxygen atoms in total. The van der Waals surface area contributed by atoms with Gasteiger partial charge in [-0.1, -0.05) is 18.2 Å². The van der Waals surface area contributed by atoms with Crippen molar-refractivity contribution in [1.82, 2.24) is 9.88 Å². The number of rotatable bonds is 5. The maximum atomic E-state index is 6.05. The average Bonchev–Trinajstić information content (AvgIpc) is 2.70. The van der Waals surface area contributed by atoms with Crippen molar-refractivity contribution in [2.24, 2.45) is 0 Å². The van der Waals surface area contributed by atoms with Crippen LogP contribution in [-0.2, 0) is 13.1 Å². The second-order valence-corrected chi connectivity index (χ2v) is 6.73. The largest absolute Gasteiger partial charge is 0.398 e. The summed E-state index contributed by atoms with van der Waals surface area (Å²) in [5, 5.41) is 1.18. The van der Waals surface area contributed by atoms with Gasteiger partial charge in [0.2, 0.25) is 0 Å². The van der Waals surface area contributed by atoms with Crippen molar-refractivity contribution in [2.75, 3.05) is 5.73 Å². The summed E-state index contributed by atoms with van der Waals surface area (Å²) in [5.41, 5.74) is 9.25. The third-order valence-electron chi connectivity index (χ3n) is 3.57. The molecule has 0 saturated carbocycles. The summed E-state index contributed by atoms with van der Waals surface area (Å²) >= 11 is 1.79. The molecule has 0 atom stereocenters. The fraction of sp³-hybridized carbons (Fsp3) is 0.438. The molecular weight excluding hydrogens is 266 g/mol. The van der Waals surface area contributed by atoms with Gasteiger partial charge in [0.1, 0.15) is 5.01 Å². The maximum absolute atomic E-state index is 6.05. The standard InChI is InChI=1S/C16H23N3S/c1-11(2)19(9-14-7-5-6-8-15(14)17)10-16-18-12(3)13(4)20-16/h5-8,11H,9-10,17H2,1-4H3. The highest BCUT2D eigenvalue weighted by Crippen LogP contribution is 2.21. The lowest BCUT2D eigenvalue weighted by Gasteiger charge is -2.26. The van der Waals surface area contributed by atoms with Gasteiger partial charge in [-0.25, -0.2) is 4.98 Å². The predicted octanol–water partition coefficient (Wildman–Crippen LogP) is 3.75. The topological polar surface area (TPSA) is 42.2 Å². The van der Waals surface area contributed by atoms with Crippen LogP contribution in [-0.4, -0.2) is 15.9 Å². The van der Waals surface area contributed by atoms with Crippen LogP contribution in [0.1, 0.15) is 35.0 Å². The van der Waals surface area contributed by atoms with E-state index in [9.17, 15) is 0 Å². The van der Waals surface area contributed by atoms with Gasteiger partial charge in [0.25, 0.3) is 0 Å². The Morgan fingerprint density at radius 3 is 2.45 bits per heavy atom. The fourth-order valence-corrected chi connectivity index (χ4v) is 3.06. The predicted molar refractivity (Wildman–Crippen MR) is 86.8 cm³/mol. The number of aromatic nitrogens is 1. The molecule has 0 radical (unpaired) electrons. The highest BCUT2D eigenvalue weighted by atomic mass is 32.1. The van der Waals surface area contributed by atoms with Crippen molar-refractivity contribution in [2.45, 2.75) is 46.8 Å². The van der Waals surface area contributed by atoms with Gasteiger partial charge in [-0.05, 0) is 39.3 Å². The van der Waals surface area contributed by atoms with Crippen molar-refractivity contribution in [1.29, 1.82) is 0 Å². The van der Waals surface area contributed by atoms with E-state index in [1.54, 1.807) is 11.3 Å². The normalized spacial score (nSPS) is 11.5. The molecule has 2 aromatic rings. The van der Waals surface area contributed by atoms with Gasteiger partial charge < -0.3 is 5.73 Å². The second-order valence-electron chi connectivity index (χ2n) is 5.45. The Hall–Kier alpha value is -1.39. The summed E-state index contributed by atoms with van der Waals surface area (Å²) in [4.78, 5) is 8.36. The molecule has 2 rings (SSSR count). The van der Waals surface area contributed by atoms with E-state index in [0.29, 0.717) is 6.04 Å². The highest BCUT2D eigenvalue weighted by molar-refractivity contribution is 7.11. The fourth-order valence-electron chi connectivity index (χ4n) is 2.10. The van der Waals surface area contributed by atoms with Crippen LogP contribution in [0.5, 0.6) is 0 Å². The van der Waals surface area contributed by atoms with Crippen LogP contribution in [0.4, 0.5) is 5.69 Å². The minimum Gasteiger partial charge on any atom is -0.398 e. The van der Waals surface area contributed by atoms with Gasteiger partial charge in [0, 0.05) is 23.2 Å². The van der Waals surface area contributed by atoms with Crippen LogP contribution in [0.2, 0.25) is 0 Å². The molecule has 0 amide bonds. The molecule has 108 valence electrons. The third kappa shape index (κ3) is 3.58. The molecule has 0 spiro atoms. The van der Waals surface area contributed by atoms with Gasteiger partial charge in [-0.3, -0.25) is 4.90 Å². The van der Waals surface area contributed by atoms with Gasteiger partial charge >= 0.3 is 0 Å². The van der Waals surface area contributed by atoms with Gasteiger partial charge in [0.05, 0.1) is 12.2 Å². The molecule has 4 heteroatoms. The second kappa shape index (κ2) is 6.37. The first kappa shape index (κ1) is 15.0. The number of para-hydroxylation sites is 1. The van der Waals surface area contributed by atoms with E-state index in [1.807, 2.05) is 18.2 Å². The molecule has 0 aliphatic rings. The van der Waals surface area contributed by atoms with Crippen molar-refractivity contribution in [3.8, 4) is 0 Å². The molecule has 1 heterocycles. The zero-order valence-corrected chi connectivity index (χ0v) is 13.5. The first-order chi connectivity index (χ1) is 9.47. The average molecular weight is 289 g/mol. The molecule has 20 heavy (non-hydrogen) atoms. The highest BCUT2D eigenvalue weighted by Gasteiger charge is 2.14. The number of thiazole rings is 1. The number of hydrogen-bond donors (Lipinski definition) is 1. The minimum absolute atomic E-state index is 0.458. The summed E-state index contributed by atoms with van der Waals surface area (Å²) in [6.07, 6.45) is 0. The molecule has 0 saturated heterocycles. The molecule has 2 N–H and O–H groups in total. The van der Waals surface area contributed by atoms with Crippen molar-refractivity contribution < 1.29 is 0 Å². The number of aryl methyl sites for hydroxylation is 2. The van der Waals surface area contributed by atoms with Crippen LogP contribution in [0.25, 0.3) is 0 Å². The Kier molecular flexibility index (Phi) is 4.78. The molecule has 1 aromatic carbocycles. The van der Waals surface area contributed by atoms with Crippen LogP contribution in [0.15, 0.2) is 24.3 Å². The Bertz CT molecular complexity index is 555. The molecule has 0 aliphatic heterocycles. The van der Waals surface area contributed by atoms with Crippen molar-refractivity contribution >= 4 is 17.0 Å². The Labute approximate surface area is 125 Å². The molecular formula is C16H23N3S. The van der Waals surface area contributed by atoms with E-state index >= 15 is 0 Å². The number of anilines is 1. The smallest absolute Gasteiger partial charge is 0.107 e. The number of hydrogen-bond acceptors (Lipinski definition) is 4. The lowest BCUT2D eigenvalue weighted by Crippen LogP contribution is -2.30. The zero-order valence-electron chi connectivity index (χ0n) is 12.7. The summed E-state index contributed by atoms with van der Waals surface area (Å²) < 4.78 is 0. The van der Waals surface area contributed by atoms with Gasteiger partial charge in [-0.2, -0.15) is 0 Å². The number of nitrogens with zero attached hydrogens (tertiary/aromatic N) is 2. The maximum Gasteiger partial charge on any atom is 0.107 e. The van der Waals surface area contributed by atoms with E-state index < -0.39 is 0 Å². The van der Waals surface area contributed by atoms with E-state index in [-0.39, 0.29) is 0 Å². The summed E-state index contributed by atoms with van der Waals surface area (Å²) in [5.74, 6) is 0. The lowest BCUT2D eigenvalue weighted by molar-refractivity contribution is 0.204. The van der Waals surface area contributed by atoms with Gasteiger partial charge in [0.15, 0.2) is 0 Å². The van der Waals surface area contributed by atoms with Crippen molar-refractivity contribution in [3.05, 3.63) is 45.4 Å². The molecule has 0 unspecified atom stereocenters. The summed E-state index contributed by atoms with van der Waals surface area (Å²) in [6, 6.07) is 8.54. The van der Waals surface area contributed by atoms with Crippen molar-refractivity contribution in [3.63, 3.8) is 0 Å². The van der Waals surface area contributed by atoms with E-state index in [1.165, 1.54) is 15.4 Å². The Balaban J connectivity index is 2.14. The van der Waals surface area contributed by atoms with Crippen LogP contribution in [0.3, 0.4) is 0 Å². The quantitative estimate of drug-likeness (QED) is 0.852. The van der Waals surface area contributed by atoms with Gasteiger partial charge in [-0.15, -0.1) is 11.3 Å². The zero-order chi connectivity index (χ0) is 14.7. The molecule has 0 bridgehead atoms. The first-order valence-electron chi connectivity index (χ1n) is 6.97. The number of benzene rings is 1. The molecule has 1 aromatic heterocycles. The third-order valence-corrected chi connectivity index (χ3v) is 4.63. The van der Waals surface area contributed by atoms with E-state index in [0.717, 1.165) is 24.5 Å². The Morgan fingerprint density at radius 1 is 1.20 bits per heavy atom. The minimum atomic E-state index is 0.458. The summed E-state index contributed by atoms with van der Waals surface area (Å²) in [6.45, 7) is 10.4. The first-order valence-corrected chi connectivity index (χ1v) is 7.79. The monoisotopic (exact) mass is 289 g/mol. The van der Waals surface area contributed by atoms with E-state index in [4.69, 9.17) is 5.73 Å².